The van der Waals surface area contributed by atoms with Crippen molar-refractivity contribution >= 4 is 12.0 Å². The lowest BCUT2D eigenvalue weighted by Gasteiger charge is -2.27. The lowest BCUT2D eigenvalue weighted by molar-refractivity contribution is 0.0221. The molecule has 2 amide bonds. The number of ether oxygens (including phenoxy) is 1. The fourth-order valence-corrected chi connectivity index (χ4v) is 2.50. The van der Waals surface area contributed by atoms with Crippen LogP contribution in [0.2, 0.25) is 0 Å². The van der Waals surface area contributed by atoms with E-state index >= 15 is 0 Å². The van der Waals surface area contributed by atoms with Gasteiger partial charge in [0.05, 0.1) is 11.7 Å². The van der Waals surface area contributed by atoms with E-state index in [0.29, 0.717) is 17.9 Å². The summed E-state index contributed by atoms with van der Waals surface area (Å²) in [4.78, 5) is 25.2. The molecule has 0 radical (unpaired) electrons. The summed E-state index contributed by atoms with van der Waals surface area (Å²) in [7, 11) is 1.66. The van der Waals surface area contributed by atoms with Crippen molar-refractivity contribution in [2.45, 2.75) is 45.3 Å². The molecule has 1 aliphatic rings. The Balaban J connectivity index is 2.21. The second-order valence-electron chi connectivity index (χ2n) is 6.27. The van der Waals surface area contributed by atoms with Crippen molar-refractivity contribution < 1.29 is 14.3 Å². The molecule has 1 fully saturated rings. The molecule has 1 atom stereocenters. The highest BCUT2D eigenvalue weighted by molar-refractivity contribution is 5.91. The summed E-state index contributed by atoms with van der Waals surface area (Å²) in [5, 5.41) is 4.31. The average molecular weight is 294 g/mol. The van der Waals surface area contributed by atoms with Crippen LogP contribution >= 0.6 is 0 Å². The molecule has 0 aromatic carbocycles. The molecule has 0 spiro atoms. The van der Waals surface area contributed by atoms with Crippen LogP contribution in [0.1, 0.15) is 55.8 Å². The SMILES string of the molecule is Cn1nc([C@H]2CCCN2C(=O)OC(C)(C)C)cc1C(N)=O. The summed E-state index contributed by atoms with van der Waals surface area (Å²) < 4.78 is 6.87. The summed E-state index contributed by atoms with van der Waals surface area (Å²) in [6, 6.07) is 1.48. The van der Waals surface area contributed by atoms with Crippen molar-refractivity contribution in [1.29, 1.82) is 0 Å². The van der Waals surface area contributed by atoms with Gasteiger partial charge in [-0.15, -0.1) is 0 Å². The molecule has 116 valence electrons. The molecular formula is C14H22N4O3. The number of hydrogen-bond acceptors (Lipinski definition) is 4. The third kappa shape index (κ3) is 3.34. The fourth-order valence-electron chi connectivity index (χ4n) is 2.50. The van der Waals surface area contributed by atoms with Crippen molar-refractivity contribution in [3.05, 3.63) is 17.5 Å². The third-order valence-electron chi connectivity index (χ3n) is 3.37. The van der Waals surface area contributed by atoms with Gasteiger partial charge in [0.2, 0.25) is 0 Å². The second kappa shape index (κ2) is 5.38. The molecule has 0 saturated carbocycles. The van der Waals surface area contributed by atoms with Crippen LogP contribution in [0.5, 0.6) is 0 Å². The number of nitrogens with zero attached hydrogens (tertiary/aromatic N) is 3. The summed E-state index contributed by atoms with van der Waals surface area (Å²) >= 11 is 0. The van der Waals surface area contributed by atoms with Crippen molar-refractivity contribution in [1.82, 2.24) is 14.7 Å². The summed E-state index contributed by atoms with van der Waals surface area (Å²) in [6.45, 7) is 6.13. The Morgan fingerprint density at radius 3 is 2.62 bits per heavy atom. The van der Waals surface area contributed by atoms with Crippen LogP contribution in [0, 0.1) is 0 Å². The molecule has 0 aliphatic carbocycles. The van der Waals surface area contributed by atoms with Gasteiger partial charge < -0.3 is 10.5 Å². The lowest BCUT2D eigenvalue weighted by atomic mass is 10.1. The predicted octanol–water partition coefficient (Wildman–Crippen LogP) is 1.59. The number of aryl methyl sites for hydroxylation is 1. The maximum Gasteiger partial charge on any atom is 0.410 e. The monoisotopic (exact) mass is 294 g/mol. The van der Waals surface area contributed by atoms with E-state index in [2.05, 4.69) is 5.10 Å². The van der Waals surface area contributed by atoms with Crippen molar-refractivity contribution in [3.63, 3.8) is 0 Å². The highest BCUT2D eigenvalue weighted by Crippen LogP contribution is 2.32. The smallest absolute Gasteiger partial charge is 0.410 e. The van der Waals surface area contributed by atoms with E-state index in [4.69, 9.17) is 10.5 Å². The number of carbonyl (C=O) groups excluding carboxylic acids is 2. The van der Waals surface area contributed by atoms with Crippen molar-refractivity contribution in [3.8, 4) is 0 Å². The zero-order valence-electron chi connectivity index (χ0n) is 12.9. The molecule has 7 nitrogen and oxygen atoms in total. The molecule has 7 heteroatoms. The number of carbonyl (C=O) groups is 2. The number of rotatable bonds is 2. The molecule has 0 unspecified atom stereocenters. The highest BCUT2D eigenvalue weighted by atomic mass is 16.6. The Kier molecular flexibility index (Phi) is 3.93. The van der Waals surface area contributed by atoms with E-state index in [9.17, 15) is 9.59 Å². The minimum Gasteiger partial charge on any atom is -0.444 e. The van der Waals surface area contributed by atoms with Crippen LogP contribution in [-0.2, 0) is 11.8 Å². The Labute approximate surface area is 124 Å². The predicted molar refractivity (Wildman–Crippen MR) is 76.6 cm³/mol. The number of primary amides is 1. The van der Waals surface area contributed by atoms with Gasteiger partial charge in [0.15, 0.2) is 0 Å². The molecule has 2 heterocycles. The first kappa shape index (κ1) is 15.3. The summed E-state index contributed by atoms with van der Waals surface area (Å²) in [5.74, 6) is -0.530. The molecule has 1 saturated heterocycles. The van der Waals surface area contributed by atoms with Crippen LogP contribution in [0.15, 0.2) is 6.07 Å². The molecule has 1 aliphatic heterocycles. The number of amides is 2. The Morgan fingerprint density at radius 1 is 1.43 bits per heavy atom. The van der Waals surface area contributed by atoms with Crippen LogP contribution < -0.4 is 5.73 Å². The molecule has 2 rings (SSSR count). The quantitative estimate of drug-likeness (QED) is 0.896. The molecule has 1 aromatic heterocycles. The number of likely N-dealkylation sites (tertiary alicyclic amines) is 1. The van der Waals surface area contributed by atoms with Crippen molar-refractivity contribution in [2.75, 3.05) is 6.54 Å². The zero-order chi connectivity index (χ0) is 15.8. The zero-order valence-corrected chi connectivity index (χ0v) is 12.9. The maximum atomic E-state index is 12.2. The second-order valence-corrected chi connectivity index (χ2v) is 6.27. The minimum absolute atomic E-state index is 0.167. The Morgan fingerprint density at radius 2 is 2.10 bits per heavy atom. The van der Waals surface area contributed by atoms with Gasteiger partial charge >= 0.3 is 6.09 Å². The van der Waals surface area contributed by atoms with Crippen LogP contribution in [-0.4, -0.2) is 38.8 Å². The first-order chi connectivity index (χ1) is 9.69. The summed E-state index contributed by atoms with van der Waals surface area (Å²) in [5.41, 5.74) is 5.77. The van der Waals surface area contributed by atoms with Gasteiger partial charge in [-0.05, 0) is 39.7 Å². The van der Waals surface area contributed by atoms with Gasteiger partial charge in [-0.25, -0.2) is 4.79 Å². The maximum absolute atomic E-state index is 12.2. The van der Waals surface area contributed by atoms with E-state index in [1.54, 1.807) is 18.0 Å². The van der Waals surface area contributed by atoms with Crippen LogP contribution in [0.4, 0.5) is 4.79 Å². The number of nitrogens with two attached hydrogens (primary N) is 1. The van der Waals surface area contributed by atoms with E-state index in [1.807, 2.05) is 20.8 Å². The molecule has 1 aromatic rings. The topological polar surface area (TPSA) is 90.4 Å². The fraction of sp³-hybridized carbons (Fsp3) is 0.643. The van der Waals surface area contributed by atoms with Gasteiger partial charge in [-0.3, -0.25) is 14.4 Å². The largest absolute Gasteiger partial charge is 0.444 e. The van der Waals surface area contributed by atoms with Crippen LogP contribution in [0.3, 0.4) is 0 Å². The van der Waals surface area contributed by atoms with Crippen molar-refractivity contribution in [2.24, 2.45) is 12.8 Å². The molecular weight excluding hydrogens is 272 g/mol. The van der Waals surface area contributed by atoms with Gasteiger partial charge in [0, 0.05) is 13.6 Å². The van der Waals surface area contributed by atoms with Gasteiger partial charge in [-0.1, -0.05) is 0 Å². The van der Waals surface area contributed by atoms with Gasteiger partial charge in [0.25, 0.3) is 5.91 Å². The Hall–Kier alpha value is -2.05. The number of hydrogen-bond donors (Lipinski definition) is 1. The number of aromatic nitrogens is 2. The standard InChI is InChI=1S/C14H22N4O3/c1-14(2,3)21-13(20)18-7-5-6-10(18)9-8-11(12(15)19)17(4)16-9/h8,10H,5-7H2,1-4H3,(H2,15,19)/t10-/m1/s1. The van der Waals surface area contributed by atoms with Gasteiger partial charge in [-0.2, -0.15) is 5.10 Å². The average Bonchev–Trinajstić information content (AvgIpc) is 2.91. The van der Waals surface area contributed by atoms with E-state index in [-0.39, 0.29) is 12.1 Å². The first-order valence-corrected chi connectivity index (χ1v) is 7.02. The minimum atomic E-state index is -0.535. The lowest BCUT2D eigenvalue weighted by Crippen LogP contribution is -2.36. The summed E-state index contributed by atoms with van der Waals surface area (Å²) in [6.07, 6.45) is 1.33. The highest BCUT2D eigenvalue weighted by Gasteiger charge is 2.35. The molecule has 2 N–H and O–H groups in total. The first-order valence-electron chi connectivity index (χ1n) is 7.02. The molecule has 21 heavy (non-hydrogen) atoms. The van der Waals surface area contributed by atoms with E-state index in [1.165, 1.54) is 4.68 Å². The molecule has 0 bridgehead atoms. The third-order valence-corrected chi connectivity index (χ3v) is 3.37. The van der Waals surface area contributed by atoms with Gasteiger partial charge in [0.1, 0.15) is 11.3 Å². The normalized spacial score (nSPS) is 18.9. The Bertz CT molecular complexity index is 559. The van der Waals surface area contributed by atoms with Crippen LogP contribution in [0.25, 0.3) is 0 Å². The van der Waals surface area contributed by atoms with E-state index in [0.717, 1.165) is 12.8 Å². The van der Waals surface area contributed by atoms with E-state index < -0.39 is 11.5 Å².